The van der Waals surface area contributed by atoms with Crippen LogP contribution in [0.5, 0.6) is 0 Å². The Morgan fingerprint density at radius 1 is 1.50 bits per heavy atom. The number of rotatable bonds is 3. The van der Waals surface area contributed by atoms with Gasteiger partial charge in [-0.1, -0.05) is 0 Å². The van der Waals surface area contributed by atoms with Gasteiger partial charge in [0.15, 0.2) is 0 Å². The van der Waals surface area contributed by atoms with Gasteiger partial charge in [0.25, 0.3) is 0 Å². The molecule has 16 heavy (non-hydrogen) atoms. The Morgan fingerprint density at radius 2 is 2.19 bits per heavy atom. The highest BCUT2D eigenvalue weighted by atomic mass is 32.1. The number of aryl methyl sites for hydroxylation is 1. The fourth-order valence-corrected chi connectivity index (χ4v) is 3.18. The lowest BCUT2D eigenvalue weighted by Crippen LogP contribution is -2.35. The molecule has 0 aromatic carbocycles. The summed E-state index contributed by atoms with van der Waals surface area (Å²) in [6, 6.07) is 0. The maximum Gasteiger partial charge on any atom is 0.125 e. The standard InChI is InChI=1S/C11H18N2O2S/c1-8-9(7-12)16-10(13-8)11(14-2)3-5-15-6-4-11/h3-7,12H2,1-2H3. The molecule has 2 rings (SSSR count). The first-order valence-electron chi connectivity index (χ1n) is 5.51. The molecule has 0 radical (unpaired) electrons. The van der Waals surface area contributed by atoms with E-state index in [2.05, 4.69) is 4.98 Å². The number of ether oxygens (including phenoxy) is 2. The van der Waals surface area contributed by atoms with Crippen LogP contribution in [-0.4, -0.2) is 25.3 Å². The van der Waals surface area contributed by atoms with Gasteiger partial charge in [-0.3, -0.25) is 0 Å². The van der Waals surface area contributed by atoms with Crippen LogP contribution in [-0.2, 0) is 21.6 Å². The topological polar surface area (TPSA) is 57.4 Å². The minimum Gasteiger partial charge on any atom is -0.381 e. The summed E-state index contributed by atoms with van der Waals surface area (Å²) in [5.41, 5.74) is 6.47. The maximum absolute atomic E-state index is 5.70. The summed E-state index contributed by atoms with van der Waals surface area (Å²) in [6.07, 6.45) is 1.75. The van der Waals surface area contributed by atoms with Crippen LogP contribution in [0.25, 0.3) is 0 Å². The van der Waals surface area contributed by atoms with Gasteiger partial charge in [0, 0.05) is 44.6 Å². The minimum absolute atomic E-state index is 0.249. The molecular weight excluding hydrogens is 224 g/mol. The molecule has 90 valence electrons. The van der Waals surface area contributed by atoms with Crippen molar-refractivity contribution in [1.82, 2.24) is 4.98 Å². The first kappa shape index (κ1) is 12.0. The Morgan fingerprint density at radius 3 is 2.69 bits per heavy atom. The fourth-order valence-electron chi connectivity index (χ4n) is 2.02. The molecule has 4 nitrogen and oxygen atoms in total. The highest BCUT2D eigenvalue weighted by molar-refractivity contribution is 7.11. The third-order valence-corrected chi connectivity index (χ3v) is 4.52. The molecule has 1 aliphatic heterocycles. The van der Waals surface area contributed by atoms with Crippen molar-refractivity contribution in [2.45, 2.75) is 31.9 Å². The van der Waals surface area contributed by atoms with Gasteiger partial charge in [-0.2, -0.15) is 0 Å². The van der Waals surface area contributed by atoms with Crippen LogP contribution in [0, 0.1) is 6.92 Å². The Hall–Kier alpha value is -0.490. The lowest BCUT2D eigenvalue weighted by Gasteiger charge is -2.33. The average Bonchev–Trinajstić information content (AvgIpc) is 2.72. The van der Waals surface area contributed by atoms with Crippen LogP contribution in [0.1, 0.15) is 28.4 Å². The zero-order valence-corrected chi connectivity index (χ0v) is 10.6. The van der Waals surface area contributed by atoms with Crippen molar-refractivity contribution in [3.63, 3.8) is 0 Å². The molecule has 0 saturated carbocycles. The van der Waals surface area contributed by atoms with Crippen LogP contribution in [0.15, 0.2) is 0 Å². The zero-order chi connectivity index (χ0) is 11.6. The normalized spacial score (nSPS) is 19.9. The molecule has 0 unspecified atom stereocenters. The summed E-state index contributed by atoms with van der Waals surface area (Å²) in [7, 11) is 1.75. The molecule has 0 atom stereocenters. The highest BCUT2D eigenvalue weighted by Gasteiger charge is 2.37. The average molecular weight is 242 g/mol. The predicted octanol–water partition coefficient (Wildman–Crippen LogP) is 1.56. The molecule has 1 aliphatic rings. The van der Waals surface area contributed by atoms with Crippen LogP contribution in [0.2, 0.25) is 0 Å². The largest absolute Gasteiger partial charge is 0.381 e. The number of hydrogen-bond donors (Lipinski definition) is 1. The van der Waals surface area contributed by atoms with E-state index in [9.17, 15) is 0 Å². The summed E-state index contributed by atoms with van der Waals surface area (Å²) in [5, 5.41) is 1.05. The molecule has 2 heterocycles. The molecule has 1 aromatic rings. The Balaban J connectivity index is 2.31. The van der Waals surface area contributed by atoms with E-state index < -0.39 is 0 Å². The molecule has 0 amide bonds. The van der Waals surface area contributed by atoms with Crippen molar-refractivity contribution < 1.29 is 9.47 Å². The molecule has 1 saturated heterocycles. The van der Waals surface area contributed by atoms with Gasteiger partial charge in [-0.05, 0) is 6.92 Å². The molecular formula is C11H18N2O2S. The number of nitrogens with two attached hydrogens (primary N) is 1. The Labute approximate surface area is 99.8 Å². The quantitative estimate of drug-likeness (QED) is 0.874. The lowest BCUT2D eigenvalue weighted by molar-refractivity contribution is -0.0948. The van der Waals surface area contributed by atoms with Crippen LogP contribution in [0.4, 0.5) is 0 Å². The van der Waals surface area contributed by atoms with E-state index in [-0.39, 0.29) is 5.60 Å². The van der Waals surface area contributed by atoms with E-state index in [0.29, 0.717) is 6.54 Å². The smallest absolute Gasteiger partial charge is 0.125 e. The number of nitrogens with zero attached hydrogens (tertiary/aromatic N) is 1. The van der Waals surface area contributed by atoms with Crippen LogP contribution >= 0.6 is 11.3 Å². The number of hydrogen-bond acceptors (Lipinski definition) is 5. The SMILES string of the molecule is COC1(c2nc(C)c(CN)s2)CCOCC1. The second-order valence-electron chi connectivity index (χ2n) is 4.04. The first-order valence-corrected chi connectivity index (χ1v) is 6.33. The van der Waals surface area contributed by atoms with Crippen molar-refractivity contribution in [1.29, 1.82) is 0 Å². The van der Waals surface area contributed by atoms with E-state index in [1.165, 1.54) is 0 Å². The van der Waals surface area contributed by atoms with Crippen LogP contribution in [0.3, 0.4) is 0 Å². The highest BCUT2D eigenvalue weighted by Crippen LogP contribution is 2.38. The number of aromatic nitrogens is 1. The Bertz CT molecular complexity index is 359. The van der Waals surface area contributed by atoms with E-state index in [4.69, 9.17) is 15.2 Å². The lowest BCUT2D eigenvalue weighted by atomic mass is 9.95. The molecule has 1 fully saturated rings. The van der Waals surface area contributed by atoms with E-state index in [1.807, 2.05) is 6.92 Å². The second-order valence-corrected chi connectivity index (χ2v) is 5.13. The second kappa shape index (κ2) is 4.79. The van der Waals surface area contributed by atoms with Gasteiger partial charge >= 0.3 is 0 Å². The molecule has 0 spiro atoms. The predicted molar refractivity (Wildman–Crippen MR) is 63.5 cm³/mol. The molecule has 1 aromatic heterocycles. The minimum atomic E-state index is -0.249. The van der Waals surface area contributed by atoms with Gasteiger partial charge < -0.3 is 15.2 Å². The number of thiazole rings is 1. The monoisotopic (exact) mass is 242 g/mol. The summed E-state index contributed by atoms with van der Waals surface area (Å²) >= 11 is 1.67. The van der Waals surface area contributed by atoms with Crippen molar-refractivity contribution >= 4 is 11.3 Å². The molecule has 5 heteroatoms. The fraction of sp³-hybridized carbons (Fsp3) is 0.727. The first-order chi connectivity index (χ1) is 7.72. The van der Waals surface area contributed by atoms with Crippen LogP contribution < -0.4 is 5.73 Å². The van der Waals surface area contributed by atoms with Crippen molar-refractivity contribution in [3.05, 3.63) is 15.6 Å². The zero-order valence-electron chi connectivity index (χ0n) is 9.78. The van der Waals surface area contributed by atoms with E-state index in [1.54, 1.807) is 18.4 Å². The van der Waals surface area contributed by atoms with Crippen molar-refractivity contribution in [3.8, 4) is 0 Å². The molecule has 0 aliphatic carbocycles. The van der Waals surface area contributed by atoms with Gasteiger partial charge in [0.05, 0.1) is 5.69 Å². The Kier molecular flexibility index (Phi) is 3.59. The van der Waals surface area contributed by atoms with Crippen molar-refractivity contribution in [2.24, 2.45) is 5.73 Å². The van der Waals surface area contributed by atoms with Gasteiger partial charge in [0.2, 0.25) is 0 Å². The molecule has 0 bridgehead atoms. The number of methoxy groups -OCH3 is 1. The maximum atomic E-state index is 5.70. The van der Waals surface area contributed by atoms with E-state index in [0.717, 1.165) is 41.6 Å². The third-order valence-electron chi connectivity index (χ3n) is 3.16. The third kappa shape index (κ3) is 2.00. The van der Waals surface area contributed by atoms with Gasteiger partial charge in [-0.15, -0.1) is 11.3 Å². The van der Waals surface area contributed by atoms with E-state index >= 15 is 0 Å². The summed E-state index contributed by atoms with van der Waals surface area (Å²) < 4.78 is 11.1. The summed E-state index contributed by atoms with van der Waals surface area (Å²) in [4.78, 5) is 5.76. The molecule has 2 N–H and O–H groups in total. The van der Waals surface area contributed by atoms with Gasteiger partial charge in [-0.25, -0.2) is 4.98 Å². The van der Waals surface area contributed by atoms with Crippen molar-refractivity contribution in [2.75, 3.05) is 20.3 Å². The summed E-state index contributed by atoms with van der Waals surface area (Å²) in [5.74, 6) is 0. The summed E-state index contributed by atoms with van der Waals surface area (Å²) in [6.45, 7) is 4.04. The van der Waals surface area contributed by atoms with Gasteiger partial charge in [0.1, 0.15) is 10.6 Å².